The van der Waals surface area contributed by atoms with Crippen LogP contribution in [0.15, 0.2) is 24.3 Å². The predicted octanol–water partition coefficient (Wildman–Crippen LogP) is 2.33. The van der Waals surface area contributed by atoms with Crippen molar-refractivity contribution >= 4 is 11.8 Å². The molecule has 1 aliphatic heterocycles. The number of hydrogen-bond donors (Lipinski definition) is 0. The highest BCUT2D eigenvalue weighted by Crippen LogP contribution is 2.30. The molecule has 1 aliphatic rings. The van der Waals surface area contributed by atoms with Crippen molar-refractivity contribution in [2.24, 2.45) is 0 Å². The molecule has 0 radical (unpaired) electrons. The van der Waals surface area contributed by atoms with Crippen LogP contribution >= 0.6 is 0 Å². The van der Waals surface area contributed by atoms with Gasteiger partial charge in [-0.1, -0.05) is 18.2 Å². The van der Waals surface area contributed by atoms with E-state index < -0.39 is 17.8 Å². The second-order valence-corrected chi connectivity index (χ2v) is 5.85. The zero-order valence-electron chi connectivity index (χ0n) is 13.1. The first-order chi connectivity index (χ1) is 10.7. The number of carbonyl (C=O) groups excluding carboxylic acids is 2. The average Bonchev–Trinajstić information content (AvgIpc) is 2.95. The van der Waals surface area contributed by atoms with E-state index in [-0.39, 0.29) is 18.2 Å². The number of likely N-dealkylation sites (tertiary alicyclic amines) is 1. The molecule has 1 saturated heterocycles. The fourth-order valence-corrected chi connectivity index (χ4v) is 2.75. The van der Waals surface area contributed by atoms with Crippen LogP contribution in [0.1, 0.15) is 24.0 Å². The maximum Gasteiger partial charge on any atom is 0.416 e. The first-order valence-electron chi connectivity index (χ1n) is 7.37. The van der Waals surface area contributed by atoms with Crippen molar-refractivity contribution in [3.63, 3.8) is 0 Å². The number of rotatable bonds is 3. The Morgan fingerprint density at radius 1 is 1.30 bits per heavy atom. The summed E-state index contributed by atoms with van der Waals surface area (Å²) < 4.78 is 38.2. The van der Waals surface area contributed by atoms with Crippen LogP contribution in [-0.2, 0) is 22.2 Å². The minimum absolute atomic E-state index is 0.138. The smallest absolute Gasteiger partial charge is 0.347 e. The van der Waals surface area contributed by atoms with Gasteiger partial charge in [0.2, 0.25) is 11.8 Å². The van der Waals surface area contributed by atoms with E-state index in [2.05, 4.69) is 0 Å². The van der Waals surface area contributed by atoms with Crippen molar-refractivity contribution in [3.05, 3.63) is 35.4 Å². The van der Waals surface area contributed by atoms with Crippen LogP contribution < -0.4 is 0 Å². The molecule has 4 nitrogen and oxygen atoms in total. The summed E-state index contributed by atoms with van der Waals surface area (Å²) in [7, 11) is 3.24. The van der Waals surface area contributed by atoms with Gasteiger partial charge in [-0.2, -0.15) is 13.2 Å². The average molecular weight is 328 g/mol. The Hall–Kier alpha value is -2.05. The lowest BCUT2D eigenvalue weighted by Gasteiger charge is -2.26. The number of nitrogens with zero attached hydrogens (tertiary/aromatic N) is 2. The molecule has 2 rings (SSSR count). The molecule has 0 aromatic heterocycles. The van der Waals surface area contributed by atoms with Crippen LogP contribution in [0.2, 0.25) is 0 Å². The Balaban J connectivity index is 2.11. The molecule has 1 unspecified atom stereocenters. The largest absolute Gasteiger partial charge is 0.416 e. The molecule has 23 heavy (non-hydrogen) atoms. The molecule has 0 saturated carbocycles. The summed E-state index contributed by atoms with van der Waals surface area (Å²) in [5.41, 5.74) is -0.474. The second-order valence-electron chi connectivity index (χ2n) is 5.85. The van der Waals surface area contributed by atoms with E-state index in [4.69, 9.17) is 0 Å². The summed E-state index contributed by atoms with van der Waals surface area (Å²) in [4.78, 5) is 27.4. The number of alkyl halides is 3. The van der Waals surface area contributed by atoms with Crippen LogP contribution in [0.25, 0.3) is 0 Å². The summed E-state index contributed by atoms with van der Waals surface area (Å²) in [6, 6.07) is 4.23. The van der Waals surface area contributed by atoms with Crippen LogP contribution in [0, 0.1) is 0 Å². The summed E-state index contributed by atoms with van der Waals surface area (Å²) in [6.45, 7) is 0.460. The van der Waals surface area contributed by atoms with E-state index in [1.54, 1.807) is 14.1 Å². The van der Waals surface area contributed by atoms with Crippen molar-refractivity contribution in [1.82, 2.24) is 9.80 Å². The van der Waals surface area contributed by atoms with Gasteiger partial charge < -0.3 is 9.80 Å². The van der Waals surface area contributed by atoms with Gasteiger partial charge >= 0.3 is 6.18 Å². The van der Waals surface area contributed by atoms with E-state index in [0.29, 0.717) is 18.5 Å². The highest BCUT2D eigenvalue weighted by Gasteiger charge is 2.35. The van der Waals surface area contributed by atoms with Gasteiger partial charge in [-0.05, 0) is 24.5 Å². The summed E-state index contributed by atoms with van der Waals surface area (Å²) in [6.07, 6.45) is -3.26. The lowest BCUT2D eigenvalue weighted by atomic mass is 10.1. The van der Waals surface area contributed by atoms with Crippen LogP contribution in [0.3, 0.4) is 0 Å². The van der Waals surface area contributed by atoms with Crippen molar-refractivity contribution < 1.29 is 22.8 Å². The van der Waals surface area contributed by atoms with Gasteiger partial charge in [0.1, 0.15) is 6.04 Å². The fourth-order valence-electron chi connectivity index (χ4n) is 2.75. The Morgan fingerprint density at radius 3 is 2.61 bits per heavy atom. The van der Waals surface area contributed by atoms with Crippen LogP contribution in [0.4, 0.5) is 13.2 Å². The third-order valence-corrected chi connectivity index (χ3v) is 3.91. The van der Waals surface area contributed by atoms with E-state index in [0.717, 1.165) is 18.6 Å². The molecule has 1 aromatic rings. The zero-order chi connectivity index (χ0) is 17.2. The fraction of sp³-hybridized carbons (Fsp3) is 0.500. The van der Waals surface area contributed by atoms with E-state index >= 15 is 0 Å². The summed E-state index contributed by atoms with van der Waals surface area (Å²) in [5, 5.41) is 0. The lowest BCUT2D eigenvalue weighted by molar-refractivity contribution is -0.142. The van der Waals surface area contributed by atoms with Gasteiger partial charge in [0, 0.05) is 20.6 Å². The van der Waals surface area contributed by atoms with Crippen molar-refractivity contribution in [2.45, 2.75) is 31.5 Å². The molecule has 2 amide bonds. The first kappa shape index (κ1) is 17.3. The lowest BCUT2D eigenvalue weighted by Crippen LogP contribution is -2.46. The van der Waals surface area contributed by atoms with Crippen molar-refractivity contribution in [3.8, 4) is 0 Å². The van der Waals surface area contributed by atoms with E-state index in [1.165, 1.54) is 21.9 Å². The molecule has 7 heteroatoms. The first-order valence-corrected chi connectivity index (χ1v) is 7.37. The van der Waals surface area contributed by atoms with Gasteiger partial charge in [0.25, 0.3) is 0 Å². The number of halogens is 3. The van der Waals surface area contributed by atoms with Gasteiger partial charge in [-0.15, -0.1) is 0 Å². The van der Waals surface area contributed by atoms with Gasteiger partial charge in [0.15, 0.2) is 0 Å². The normalized spacial score (nSPS) is 18.1. The maximum absolute atomic E-state index is 12.7. The van der Waals surface area contributed by atoms with E-state index in [1.807, 2.05) is 0 Å². The minimum Gasteiger partial charge on any atom is -0.347 e. The monoisotopic (exact) mass is 328 g/mol. The van der Waals surface area contributed by atoms with Gasteiger partial charge in [-0.3, -0.25) is 9.59 Å². The Kier molecular flexibility index (Phi) is 4.97. The number of benzene rings is 1. The topological polar surface area (TPSA) is 40.6 Å². The predicted molar refractivity (Wildman–Crippen MR) is 78.6 cm³/mol. The van der Waals surface area contributed by atoms with Crippen molar-refractivity contribution in [2.75, 3.05) is 20.6 Å². The minimum atomic E-state index is -4.43. The third kappa shape index (κ3) is 4.03. The molecule has 126 valence electrons. The third-order valence-electron chi connectivity index (χ3n) is 3.91. The molecule has 0 bridgehead atoms. The Labute approximate surface area is 132 Å². The quantitative estimate of drug-likeness (QED) is 0.854. The Morgan fingerprint density at radius 2 is 2.00 bits per heavy atom. The Bertz CT molecular complexity index is 599. The molecular weight excluding hydrogens is 309 g/mol. The summed E-state index contributed by atoms with van der Waals surface area (Å²) in [5.74, 6) is -0.470. The molecule has 1 aromatic carbocycles. The standard InChI is InChI=1S/C16H19F3N2O2/c1-20(2)15(23)13-7-4-8-21(13)14(22)10-11-5-3-6-12(9-11)16(17,18)19/h3,5-6,9,13H,4,7-8,10H2,1-2H3. The molecule has 0 spiro atoms. The summed E-state index contributed by atoms with van der Waals surface area (Å²) >= 11 is 0. The SMILES string of the molecule is CN(C)C(=O)C1CCCN1C(=O)Cc1cccc(C(F)(F)F)c1. The molecule has 0 aliphatic carbocycles. The zero-order valence-corrected chi connectivity index (χ0v) is 13.1. The number of carbonyl (C=O) groups is 2. The van der Waals surface area contributed by atoms with Crippen LogP contribution in [-0.4, -0.2) is 48.3 Å². The highest BCUT2D eigenvalue weighted by atomic mass is 19.4. The van der Waals surface area contributed by atoms with Crippen LogP contribution in [0.5, 0.6) is 0 Å². The molecule has 1 atom stereocenters. The van der Waals surface area contributed by atoms with E-state index in [9.17, 15) is 22.8 Å². The number of amides is 2. The molecule has 0 N–H and O–H groups in total. The molecule has 1 heterocycles. The number of likely N-dealkylation sites (N-methyl/N-ethyl adjacent to an activating group) is 1. The molecule has 1 fully saturated rings. The maximum atomic E-state index is 12.7. The molecular formula is C16H19F3N2O2. The number of hydrogen-bond acceptors (Lipinski definition) is 2. The second kappa shape index (κ2) is 6.60. The highest BCUT2D eigenvalue weighted by molar-refractivity contribution is 5.88. The van der Waals surface area contributed by atoms with Gasteiger partial charge in [0.05, 0.1) is 12.0 Å². The van der Waals surface area contributed by atoms with Crippen molar-refractivity contribution in [1.29, 1.82) is 0 Å². The van der Waals surface area contributed by atoms with Gasteiger partial charge in [-0.25, -0.2) is 0 Å².